The van der Waals surface area contributed by atoms with Crippen LogP contribution in [0, 0.1) is 6.92 Å². The summed E-state index contributed by atoms with van der Waals surface area (Å²) < 4.78 is 0. The first kappa shape index (κ1) is 16.4. The van der Waals surface area contributed by atoms with Gasteiger partial charge in [-0.1, -0.05) is 0 Å². The van der Waals surface area contributed by atoms with Crippen LogP contribution in [0.5, 0.6) is 0 Å². The minimum atomic E-state index is -0.000323. The van der Waals surface area contributed by atoms with Gasteiger partial charge in [-0.2, -0.15) is 0 Å². The number of carbonyl (C=O) groups is 1. The molecule has 0 aliphatic carbocycles. The van der Waals surface area contributed by atoms with E-state index in [-0.39, 0.29) is 6.03 Å². The highest BCUT2D eigenvalue weighted by atomic mass is 32.1. The molecule has 0 aliphatic rings. The van der Waals surface area contributed by atoms with Crippen LogP contribution >= 0.6 is 11.3 Å². The molecule has 0 bridgehead atoms. The normalized spacial score (nSPS) is 10.5. The van der Waals surface area contributed by atoms with Gasteiger partial charge in [-0.3, -0.25) is 4.98 Å². The molecule has 0 spiro atoms. The second-order valence-electron chi connectivity index (χ2n) is 4.92. The monoisotopic (exact) mass is 318 g/mol. The zero-order chi connectivity index (χ0) is 15.9. The second kappa shape index (κ2) is 7.89. The zero-order valence-corrected chi connectivity index (χ0v) is 14.1. The number of aryl methyl sites for hydroxylation is 1. The third-order valence-electron chi connectivity index (χ3n) is 3.48. The molecule has 0 saturated carbocycles. The molecule has 0 saturated heterocycles. The Bertz CT molecular complexity index is 608. The van der Waals surface area contributed by atoms with Gasteiger partial charge in [0.15, 0.2) is 0 Å². The van der Waals surface area contributed by atoms with Crippen molar-refractivity contribution in [3.63, 3.8) is 0 Å². The van der Waals surface area contributed by atoms with E-state index in [1.807, 2.05) is 39.1 Å². The molecule has 5 nitrogen and oxygen atoms in total. The fourth-order valence-corrected chi connectivity index (χ4v) is 3.23. The fraction of sp³-hybridized carbons (Fsp3) is 0.438. The Hall–Kier alpha value is -1.95. The lowest BCUT2D eigenvalue weighted by atomic mass is 10.3. The van der Waals surface area contributed by atoms with Crippen LogP contribution < -0.4 is 5.32 Å². The van der Waals surface area contributed by atoms with Crippen molar-refractivity contribution in [3.05, 3.63) is 35.1 Å². The van der Waals surface area contributed by atoms with Gasteiger partial charge in [-0.05, 0) is 32.9 Å². The SMILES string of the molecule is CCN(CC)C(=O)NCCc1sc(-c2cccnc2)nc1C. The van der Waals surface area contributed by atoms with Gasteiger partial charge in [0.1, 0.15) is 5.01 Å². The molecule has 1 N–H and O–H groups in total. The van der Waals surface area contributed by atoms with Crippen LogP contribution in [0.1, 0.15) is 24.4 Å². The van der Waals surface area contributed by atoms with Crippen LogP contribution in [0.25, 0.3) is 10.6 Å². The first-order valence-electron chi connectivity index (χ1n) is 7.55. The molecule has 118 valence electrons. The predicted octanol–water partition coefficient (Wildman–Crippen LogP) is 3.11. The number of amides is 2. The molecule has 0 atom stereocenters. The van der Waals surface area contributed by atoms with Crippen molar-refractivity contribution in [2.24, 2.45) is 0 Å². The van der Waals surface area contributed by atoms with Gasteiger partial charge in [-0.25, -0.2) is 9.78 Å². The minimum Gasteiger partial charge on any atom is -0.338 e. The van der Waals surface area contributed by atoms with Gasteiger partial charge in [0, 0.05) is 48.9 Å². The van der Waals surface area contributed by atoms with Crippen LogP contribution in [-0.4, -0.2) is 40.5 Å². The number of nitrogens with one attached hydrogen (secondary N) is 1. The summed E-state index contributed by atoms with van der Waals surface area (Å²) in [5.74, 6) is 0. The predicted molar refractivity (Wildman–Crippen MR) is 90.1 cm³/mol. The van der Waals surface area contributed by atoms with Crippen molar-refractivity contribution in [3.8, 4) is 10.6 Å². The first-order chi connectivity index (χ1) is 10.7. The van der Waals surface area contributed by atoms with Crippen molar-refractivity contribution >= 4 is 17.4 Å². The number of carbonyl (C=O) groups excluding carboxylic acids is 1. The molecule has 22 heavy (non-hydrogen) atoms. The van der Waals surface area contributed by atoms with Crippen LogP contribution in [-0.2, 0) is 6.42 Å². The van der Waals surface area contributed by atoms with Crippen molar-refractivity contribution in [1.29, 1.82) is 0 Å². The van der Waals surface area contributed by atoms with E-state index in [9.17, 15) is 4.79 Å². The maximum Gasteiger partial charge on any atom is 0.317 e. The Kier molecular flexibility index (Phi) is 5.89. The summed E-state index contributed by atoms with van der Waals surface area (Å²) in [4.78, 5) is 23.6. The van der Waals surface area contributed by atoms with Crippen LogP contribution in [0.4, 0.5) is 4.79 Å². The highest BCUT2D eigenvalue weighted by Gasteiger charge is 2.11. The zero-order valence-electron chi connectivity index (χ0n) is 13.3. The molecule has 2 heterocycles. The summed E-state index contributed by atoms with van der Waals surface area (Å²) in [6.07, 6.45) is 4.38. The Morgan fingerprint density at radius 1 is 1.36 bits per heavy atom. The van der Waals surface area contributed by atoms with Crippen molar-refractivity contribution in [2.75, 3.05) is 19.6 Å². The molecule has 0 unspecified atom stereocenters. The quantitative estimate of drug-likeness (QED) is 0.890. The summed E-state index contributed by atoms with van der Waals surface area (Å²) in [5, 5.41) is 3.94. The summed E-state index contributed by atoms with van der Waals surface area (Å²) in [6, 6.07) is 3.92. The third kappa shape index (κ3) is 4.04. The van der Waals surface area contributed by atoms with Gasteiger partial charge in [0.25, 0.3) is 0 Å². The third-order valence-corrected chi connectivity index (χ3v) is 4.75. The molecule has 0 fully saturated rings. The van der Waals surface area contributed by atoms with E-state index in [0.29, 0.717) is 6.54 Å². The Labute approximate surface area is 135 Å². The molecule has 2 aromatic heterocycles. The number of rotatable bonds is 6. The number of hydrogen-bond donors (Lipinski definition) is 1. The summed E-state index contributed by atoms with van der Waals surface area (Å²) >= 11 is 1.67. The Morgan fingerprint density at radius 3 is 2.77 bits per heavy atom. The standard InChI is InChI=1S/C16H22N4OS/c1-4-20(5-2)16(21)18-10-8-14-12(3)19-15(22-14)13-7-6-9-17-11-13/h6-7,9,11H,4-5,8,10H2,1-3H3,(H,18,21). The molecule has 0 aromatic carbocycles. The lowest BCUT2D eigenvalue weighted by molar-refractivity contribution is 0.203. The van der Waals surface area contributed by atoms with E-state index in [2.05, 4.69) is 15.3 Å². The van der Waals surface area contributed by atoms with E-state index in [4.69, 9.17) is 0 Å². The molecule has 2 aromatic rings. The van der Waals surface area contributed by atoms with E-state index >= 15 is 0 Å². The molecule has 2 rings (SSSR count). The lowest BCUT2D eigenvalue weighted by Gasteiger charge is -2.18. The summed E-state index contributed by atoms with van der Waals surface area (Å²) in [7, 11) is 0. The van der Waals surface area contributed by atoms with E-state index in [0.717, 1.165) is 35.8 Å². The second-order valence-corrected chi connectivity index (χ2v) is 6.01. The van der Waals surface area contributed by atoms with Crippen molar-refractivity contribution < 1.29 is 4.79 Å². The average molecular weight is 318 g/mol. The maximum atomic E-state index is 11.9. The topological polar surface area (TPSA) is 58.1 Å². The highest BCUT2D eigenvalue weighted by Crippen LogP contribution is 2.27. The Morgan fingerprint density at radius 2 is 2.14 bits per heavy atom. The van der Waals surface area contributed by atoms with Gasteiger partial charge in [-0.15, -0.1) is 11.3 Å². The van der Waals surface area contributed by atoms with Gasteiger partial charge < -0.3 is 10.2 Å². The van der Waals surface area contributed by atoms with E-state index in [1.54, 1.807) is 22.4 Å². The van der Waals surface area contributed by atoms with Gasteiger partial charge >= 0.3 is 6.03 Å². The van der Waals surface area contributed by atoms with Crippen molar-refractivity contribution in [1.82, 2.24) is 20.2 Å². The molecule has 0 aliphatic heterocycles. The fourth-order valence-electron chi connectivity index (χ4n) is 2.18. The largest absolute Gasteiger partial charge is 0.338 e. The first-order valence-corrected chi connectivity index (χ1v) is 8.36. The maximum absolute atomic E-state index is 11.9. The number of hydrogen-bond acceptors (Lipinski definition) is 4. The number of nitrogens with zero attached hydrogens (tertiary/aromatic N) is 3. The van der Waals surface area contributed by atoms with Gasteiger partial charge in [0.2, 0.25) is 0 Å². The molecule has 2 amide bonds. The van der Waals surface area contributed by atoms with E-state index < -0.39 is 0 Å². The lowest BCUT2D eigenvalue weighted by Crippen LogP contribution is -2.40. The molecular weight excluding hydrogens is 296 g/mol. The molecule has 0 radical (unpaired) electrons. The number of pyridine rings is 1. The summed E-state index contributed by atoms with van der Waals surface area (Å²) in [5.41, 5.74) is 2.06. The number of urea groups is 1. The van der Waals surface area contributed by atoms with Crippen LogP contribution in [0.15, 0.2) is 24.5 Å². The smallest absolute Gasteiger partial charge is 0.317 e. The molecule has 6 heteroatoms. The van der Waals surface area contributed by atoms with Crippen molar-refractivity contribution in [2.45, 2.75) is 27.2 Å². The highest BCUT2D eigenvalue weighted by molar-refractivity contribution is 7.15. The van der Waals surface area contributed by atoms with Gasteiger partial charge in [0.05, 0.1) is 5.69 Å². The summed E-state index contributed by atoms with van der Waals surface area (Å²) in [6.45, 7) is 8.07. The average Bonchev–Trinajstić information content (AvgIpc) is 2.91. The number of thiazole rings is 1. The number of aromatic nitrogens is 2. The molecular formula is C16H22N4OS. The minimum absolute atomic E-state index is 0.000323. The van der Waals surface area contributed by atoms with E-state index in [1.165, 1.54) is 4.88 Å². The van der Waals surface area contributed by atoms with Crippen LogP contribution in [0.2, 0.25) is 0 Å². The Balaban J connectivity index is 1.94. The van der Waals surface area contributed by atoms with Crippen LogP contribution in [0.3, 0.4) is 0 Å².